The van der Waals surface area contributed by atoms with Gasteiger partial charge in [-0.25, -0.2) is 4.39 Å². The van der Waals surface area contributed by atoms with E-state index in [1.807, 2.05) is 18.3 Å². The Morgan fingerprint density at radius 1 is 1.04 bits per heavy atom. The topological polar surface area (TPSA) is 36.4 Å². The SMILES string of the molecule is Cc1ccc2nccc(N3CCN(C(=O)c4cccc(F)c4)CC3)c2c1. The van der Waals surface area contributed by atoms with Crippen molar-refractivity contribution in [2.75, 3.05) is 31.1 Å². The second-order valence-corrected chi connectivity index (χ2v) is 6.64. The van der Waals surface area contributed by atoms with E-state index in [1.165, 1.54) is 17.7 Å². The molecule has 0 bridgehead atoms. The molecule has 4 rings (SSSR count). The number of rotatable bonds is 2. The average molecular weight is 349 g/mol. The maximum atomic E-state index is 13.4. The fraction of sp³-hybridized carbons (Fsp3) is 0.238. The number of pyridine rings is 1. The quantitative estimate of drug-likeness (QED) is 0.709. The van der Waals surface area contributed by atoms with Crippen molar-refractivity contribution >= 4 is 22.5 Å². The zero-order valence-electron chi connectivity index (χ0n) is 14.7. The summed E-state index contributed by atoms with van der Waals surface area (Å²) in [5.74, 6) is -0.493. The van der Waals surface area contributed by atoms with Gasteiger partial charge in [-0.05, 0) is 43.3 Å². The Labute approximate surface area is 151 Å². The van der Waals surface area contributed by atoms with Crippen LogP contribution in [0, 0.1) is 12.7 Å². The lowest BCUT2D eigenvalue weighted by Crippen LogP contribution is -2.48. The van der Waals surface area contributed by atoms with Crippen LogP contribution in [0.4, 0.5) is 10.1 Å². The van der Waals surface area contributed by atoms with Gasteiger partial charge in [0.1, 0.15) is 5.82 Å². The van der Waals surface area contributed by atoms with Gasteiger partial charge in [0.25, 0.3) is 5.91 Å². The van der Waals surface area contributed by atoms with Crippen molar-refractivity contribution in [3.63, 3.8) is 0 Å². The molecule has 1 aliphatic rings. The summed E-state index contributed by atoms with van der Waals surface area (Å²) in [7, 11) is 0. The first kappa shape index (κ1) is 16.5. The number of amides is 1. The third-order valence-corrected chi connectivity index (χ3v) is 4.85. The molecule has 0 aliphatic carbocycles. The Hall–Kier alpha value is -2.95. The molecular formula is C21H20FN3O. The highest BCUT2D eigenvalue weighted by Crippen LogP contribution is 2.27. The van der Waals surface area contributed by atoms with Gasteiger partial charge in [0.15, 0.2) is 0 Å². The minimum absolute atomic E-state index is 0.111. The fourth-order valence-electron chi connectivity index (χ4n) is 3.48. The molecule has 0 spiro atoms. The van der Waals surface area contributed by atoms with E-state index in [2.05, 4.69) is 28.9 Å². The molecule has 1 amide bonds. The van der Waals surface area contributed by atoms with Crippen molar-refractivity contribution in [3.8, 4) is 0 Å². The van der Waals surface area contributed by atoms with E-state index >= 15 is 0 Å². The van der Waals surface area contributed by atoms with Crippen LogP contribution in [0.1, 0.15) is 15.9 Å². The summed E-state index contributed by atoms with van der Waals surface area (Å²) in [6, 6.07) is 14.2. The number of aromatic nitrogens is 1. The summed E-state index contributed by atoms with van der Waals surface area (Å²) < 4.78 is 13.4. The molecular weight excluding hydrogens is 329 g/mol. The van der Waals surface area contributed by atoms with E-state index in [-0.39, 0.29) is 11.7 Å². The number of piperazine rings is 1. The second-order valence-electron chi connectivity index (χ2n) is 6.64. The van der Waals surface area contributed by atoms with Crippen LogP contribution in [0.5, 0.6) is 0 Å². The van der Waals surface area contributed by atoms with Gasteiger partial charge >= 0.3 is 0 Å². The van der Waals surface area contributed by atoms with Crippen molar-refractivity contribution in [3.05, 3.63) is 71.7 Å². The highest BCUT2D eigenvalue weighted by Gasteiger charge is 2.23. The van der Waals surface area contributed by atoms with Crippen LogP contribution >= 0.6 is 0 Å². The lowest BCUT2D eigenvalue weighted by atomic mass is 10.1. The Bertz CT molecular complexity index is 964. The molecule has 0 unspecified atom stereocenters. The van der Waals surface area contributed by atoms with E-state index in [0.717, 1.165) is 29.7 Å². The number of hydrogen-bond donors (Lipinski definition) is 0. The van der Waals surface area contributed by atoms with Gasteiger partial charge in [-0.3, -0.25) is 9.78 Å². The number of nitrogens with zero attached hydrogens (tertiary/aromatic N) is 3. The molecule has 1 aromatic heterocycles. The molecule has 0 saturated carbocycles. The summed E-state index contributed by atoms with van der Waals surface area (Å²) >= 11 is 0. The van der Waals surface area contributed by atoms with Crippen LogP contribution in [0.25, 0.3) is 10.9 Å². The van der Waals surface area contributed by atoms with Gasteiger partial charge in [-0.1, -0.05) is 17.7 Å². The molecule has 3 aromatic rings. The molecule has 0 radical (unpaired) electrons. The number of hydrogen-bond acceptors (Lipinski definition) is 3. The van der Waals surface area contributed by atoms with E-state index in [4.69, 9.17) is 0 Å². The van der Waals surface area contributed by atoms with Crippen LogP contribution in [0.3, 0.4) is 0 Å². The van der Waals surface area contributed by atoms with E-state index in [9.17, 15) is 9.18 Å². The van der Waals surface area contributed by atoms with Gasteiger partial charge in [-0.2, -0.15) is 0 Å². The summed E-state index contributed by atoms with van der Waals surface area (Å²) in [6.07, 6.45) is 1.83. The Morgan fingerprint density at radius 2 is 1.85 bits per heavy atom. The monoisotopic (exact) mass is 349 g/mol. The van der Waals surface area contributed by atoms with Gasteiger partial charge in [-0.15, -0.1) is 0 Å². The van der Waals surface area contributed by atoms with Crippen LogP contribution in [0.15, 0.2) is 54.7 Å². The van der Waals surface area contributed by atoms with Crippen molar-refractivity contribution in [2.24, 2.45) is 0 Å². The lowest BCUT2D eigenvalue weighted by Gasteiger charge is -2.36. The average Bonchev–Trinajstić information content (AvgIpc) is 2.67. The molecule has 132 valence electrons. The Balaban J connectivity index is 1.52. The van der Waals surface area contributed by atoms with Crippen LogP contribution < -0.4 is 4.90 Å². The molecule has 4 nitrogen and oxygen atoms in total. The number of aryl methyl sites for hydroxylation is 1. The molecule has 1 saturated heterocycles. The third kappa shape index (κ3) is 3.12. The predicted molar refractivity (Wildman–Crippen MR) is 101 cm³/mol. The lowest BCUT2D eigenvalue weighted by molar-refractivity contribution is 0.0746. The van der Waals surface area contributed by atoms with E-state index in [0.29, 0.717) is 18.7 Å². The maximum Gasteiger partial charge on any atom is 0.254 e. The smallest absolute Gasteiger partial charge is 0.254 e. The Kier molecular flexibility index (Phi) is 4.29. The van der Waals surface area contributed by atoms with Crippen LogP contribution in [0.2, 0.25) is 0 Å². The third-order valence-electron chi connectivity index (χ3n) is 4.85. The standard InChI is InChI=1S/C21H20FN3O/c1-15-5-6-19-18(13-15)20(7-8-23-19)24-9-11-25(12-10-24)21(26)16-3-2-4-17(22)14-16/h2-8,13-14H,9-12H2,1H3. The fourth-order valence-corrected chi connectivity index (χ4v) is 3.48. The predicted octanol–water partition coefficient (Wildman–Crippen LogP) is 3.64. The first-order valence-corrected chi connectivity index (χ1v) is 8.77. The normalized spacial score (nSPS) is 14.7. The molecule has 2 aromatic carbocycles. The molecule has 5 heteroatoms. The minimum atomic E-state index is -0.381. The zero-order chi connectivity index (χ0) is 18.1. The summed E-state index contributed by atoms with van der Waals surface area (Å²) in [6.45, 7) is 4.80. The molecule has 0 N–H and O–H groups in total. The summed E-state index contributed by atoms with van der Waals surface area (Å²) in [5.41, 5.74) is 3.73. The number of halogens is 1. The minimum Gasteiger partial charge on any atom is -0.367 e. The van der Waals surface area contributed by atoms with Gasteiger partial charge in [0.05, 0.1) is 5.52 Å². The maximum absolute atomic E-state index is 13.4. The van der Waals surface area contributed by atoms with Crippen LogP contribution in [-0.2, 0) is 0 Å². The molecule has 0 atom stereocenters. The zero-order valence-corrected chi connectivity index (χ0v) is 14.7. The number of carbonyl (C=O) groups is 1. The highest BCUT2D eigenvalue weighted by atomic mass is 19.1. The first-order chi connectivity index (χ1) is 12.6. The van der Waals surface area contributed by atoms with Crippen molar-refractivity contribution in [2.45, 2.75) is 6.92 Å². The highest BCUT2D eigenvalue weighted by molar-refractivity contribution is 5.95. The van der Waals surface area contributed by atoms with Crippen molar-refractivity contribution in [1.82, 2.24) is 9.88 Å². The van der Waals surface area contributed by atoms with Gasteiger partial charge in [0.2, 0.25) is 0 Å². The molecule has 1 fully saturated rings. The van der Waals surface area contributed by atoms with Gasteiger partial charge in [0, 0.05) is 49.0 Å². The molecule has 2 heterocycles. The molecule has 1 aliphatic heterocycles. The second kappa shape index (κ2) is 6.75. The first-order valence-electron chi connectivity index (χ1n) is 8.77. The number of fused-ring (bicyclic) bond motifs is 1. The van der Waals surface area contributed by atoms with E-state index < -0.39 is 0 Å². The van der Waals surface area contributed by atoms with Crippen molar-refractivity contribution < 1.29 is 9.18 Å². The van der Waals surface area contributed by atoms with Gasteiger partial charge < -0.3 is 9.80 Å². The summed E-state index contributed by atoms with van der Waals surface area (Å²) in [5, 5.41) is 1.14. The Morgan fingerprint density at radius 3 is 2.62 bits per heavy atom. The van der Waals surface area contributed by atoms with Crippen molar-refractivity contribution in [1.29, 1.82) is 0 Å². The van der Waals surface area contributed by atoms with Crippen LogP contribution in [-0.4, -0.2) is 42.0 Å². The summed E-state index contributed by atoms with van der Waals surface area (Å²) in [4.78, 5) is 21.1. The number of anilines is 1. The number of benzene rings is 2. The largest absolute Gasteiger partial charge is 0.367 e. The molecule has 26 heavy (non-hydrogen) atoms. The van der Waals surface area contributed by atoms with E-state index in [1.54, 1.807) is 17.0 Å². The number of carbonyl (C=O) groups excluding carboxylic acids is 1.